The van der Waals surface area contributed by atoms with Crippen molar-refractivity contribution in [3.05, 3.63) is 83.2 Å². The lowest BCUT2D eigenvalue weighted by atomic mass is 9.73. The standard InChI is InChI=1S/C33H40O10/c1-18(2)15-28(43-32(38)24-11-9-8-10-12-24)31(41-22(6)35)26-17-39-33(42-23(7)36)29-20(4)30(37)27(40-21(5)34)16-19(3)13-14-25(26)29/h8-12,15-17,25,27-31,33,37H,4,13-14H2,1-3,5-7H3/b19-16+/t25-,27+,28-,29+,30+,31+,33-/m1/s1. The van der Waals surface area contributed by atoms with Crippen LogP contribution in [0.5, 0.6) is 0 Å². The minimum Gasteiger partial charge on any atom is -0.462 e. The molecule has 1 aromatic rings. The maximum atomic E-state index is 13.2. The molecule has 7 atom stereocenters. The van der Waals surface area contributed by atoms with Crippen molar-refractivity contribution in [1.82, 2.24) is 0 Å². The lowest BCUT2D eigenvalue weighted by molar-refractivity contribution is -0.183. The summed E-state index contributed by atoms with van der Waals surface area (Å²) in [6, 6.07) is 8.42. The molecule has 0 saturated heterocycles. The van der Waals surface area contributed by atoms with Gasteiger partial charge in [0.05, 0.1) is 17.7 Å². The molecule has 0 aromatic heterocycles. The van der Waals surface area contributed by atoms with Crippen molar-refractivity contribution in [3.63, 3.8) is 0 Å². The minimum absolute atomic E-state index is 0.195. The lowest BCUT2D eigenvalue weighted by Gasteiger charge is -2.42. The second-order valence-electron chi connectivity index (χ2n) is 11.0. The highest BCUT2D eigenvalue weighted by molar-refractivity contribution is 5.89. The first-order valence-electron chi connectivity index (χ1n) is 14.1. The van der Waals surface area contributed by atoms with Gasteiger partial charge in [-0.05, 0) is 63.5 Å². The van der Waals surface area contributed by atoms with Gasteiger partial charge < -0.3 is 28.8 Å². The maximum absolute atomic E-state index is 13.2. The van der Waals surface area contributed by atoms with E-state index >= 15 is 0 Å². The molecule has 232 valence electrons. The third-order valence-corrected chi connectivity index (χ3v) is 7.17. The van der Waals surface area contributed by atoms with Crippen LogP contribution in [-0.4, -0.2) is 59.7 Å². The Hall–Kier alpha value is -4.18. The quantitative estimate of drug-likeness (QED) is 0.255. The fourth-order valence-electron chi connectivity index (χ4n) is 5.35. The van der Waals surface area contributed by atoms with Gasteiger partial charge >= 0.3 is 23.9 Å². The maximum Gasteiger partial charge on any atom is 0.338 e. The average Bonchev–Trinajstić information content (AvgIpc) is 2.96. The highest BCUT2D eigenvalue weighted by Crippen LogP contribution is 2.44. The van der Waals surface area contributed by atoms with Gasteiger partial charge in [0.25, 0.3) is 0 Å². The zero-order valence-corrected chi connectivity index (χ0v) is 25.4. The molecular weight excluding hydrogens is 556 g/mol. The summed E-state index contributed by atoms with van der Waals surface area (Å²) in [5.41, 5.74) is 2.58. The molecule has 0 bridgehead atoms. The van der Waals surface area contributed by atoms with E-state index in [1.807, 2.05) is 20.8 Å². The third-order valence-electron chi connectivity index (χ3n) is 7.17. The number of allylic oxidation sites excluding steroid dienone is 2. The van der Waals surface area contributed by atoms with Gasteiger partial charge in [-0.2, -0.15) is 0 Å². The zero-order valence-electron chi connectivity index (χ0n) is 25.4. The first kappa shape index (κ1) is 33.3. The molecule has 0 spiro atoms. The highest BCUT2D eigenvalue weighted by Gasteiger charge is 2.48. The van der Waals surface area contributed by atoms with Crippen LogP contribution in [0, 0.1) is 11.8 Å². The van der Waals surface area contributed by atoms with Gasteiger partial charge in [-0.25, -0.2) is 4.79 Å². The summed E-state index contributed by atoms with van der Waals surface area (Å²) < 4.78 is 28.6. The van der Waals surface area contributed by atoms with Crippen LogP contribution >= 0.6 is 0 Å². The Labute approximate surface area is 252 Å². The normalized spacial score (nSPS) is 26.1. The van der Waals surface area contributed by atoms with Gasteiger partial charge in [0.2, 0.25) is 6.29 Å². The van der Waals surface area contributed by atoms with E-state index in [1.165, 1.54) is 27.0 Å². The molecule has 2 aliphatic rings. The topological polar surface area (TPSA) is 135 Å². The minimum atomic E-state index is -1.37. The number of ether oxygens (including phenoxy) is 5. The Bertz CT molecular complexity index is 1300. The number of rotatable bonds is 8. The third kappa shape index (κ3) is 8.90. The van der Waals surface area contributed by atoms with Gasteiger partial charge in [-0.3, -0.25) is 14.4 Å². The first-order valence-corrected chi connectivity index (χ1v) is 14.1. The van der Waals surface area contributed by atoms with Crippen LogP contribution in [0.15, 0.2) is 77.6 Å². The Kier molecular flexibility index (Phi) is 11.5. The molecule has 43 heavy (non-hydrogen) atoms. The van der Waals surface area contributed by atoms with Crippen molar-refractivity contribution in [1.29, 1.82) is 0 Å². The molecule has 10 heteroatoms. The summed E-state index contributed by atoms with van der Waals surface area (Å²) in [6.07, 6.45) is -0.171. The number of hydrogen-bond acceptors (Lipinski definition) is 10. The van der Waals surface area contributed by atoms with E-state index in [2.05, 4.69) is 6.58 Å². The molecule has 1 aliphatic carbocycles. The van der Waals surface area contributed by atoms with Crippen molar-refractivity contribution in [3.8, 4) is 0 Å². The molecule has 1 N–H and O–H groups in total. The summed E-state index contributed by atoms with van der Waals surface area (Å²) in [4.78, 5) is 49.6. The molecule has 0 fully saturated rings. The summed E-state index contributed by atoms with van der Waals surface area (Å²) in [7, 11) is 0. The van der Waals surface area contributed by atoms with Gasteiger partial charge in [-0.15, -0.1) is 0 Å². The summed E-state index contributed by atoms with van der Waals surface area (Å²) >= 11 is 0. The second kappa shape index (κ2) is 14.8. The highest BCUT2D eigenvalue weighted by atomic mass is 16.7. The zero-order chi connectivity index (χ0) is 31.8. The second-order valence-corrected chi connectivity index (χ2v) is 11.0. The fraction of sp³-hybridized carbons (Fsp3) is 0.455. The smallest absolute Gasteiger partial charge is 0.338 e. The predicted octanol–water partition coefficient (Wildman–Crippen LogP) is 4.73. The van der Waals surface area contributed by atoms with Crippen LogP contribution < -0.4 is 0 Å². The van der Waals surface area contributed by atoms with Crippen LogP contribution in [0.3, 0.4) is 0 Å². The van der Waals surface area contributed by atoms with E-state index in [-0.39, 0.29) is 5.57 Å². The number of hydrogen-bond donors (Lipinski definition) is 1. The van der Waals surface area contributed by atoms with Crippen LogP contribution in [-0.2, 0) is 38.1 Å². The monoisotopic (exact) mass is 596 g/mol. The first-order chi connectivity index (χ1) is 20.3. The number of esters is 4. The van der Waals surface area contributed by atoms with Crippen molar-refractivity contribution in [2.75, 3.05) is 0 Å². The molecule has 1 heterocycles. The molecule has 1 aromatic carbocycles. The lowest BCUT2D eigenvalue weighted by Crippen LogP contribution is -2.47. The van der Waals surface area contributed by atoms with Crippen LogP contribution in [0.25, 0.3) is 0 Å². The SMILES string of the molecule is C=C1[C@@H]2[C@@H](OC(C)=O)OC=C([C@H](OC(C)=O)[C@@H](C=C(C)C)OC(=O)c3ccccc3)[C@H]2CC/C(C)=C/[C@H](OC(C)=O)[C@H]1O. The summed E-state index contributed by atoms with van der Waals surface area (Å²) in [5.74, 6) is -3.86. The Morgan fingerprint density at radius 3 is 2.21 bits per heavy atom. The Morgan fingerprint density at radius 2 is 1.63 bits per heavy atom. The molecule has 0 amide bonds. The number of fused-ring (bicyclic) bond motifs is 1. The largest absolute Gasteiger partial charge is 0.462 e. The van der Waals surface area contributed by atoms with Crippen molar-refractivity contribution >= 4 is 23.9 Å². The van der Waals surface area contributed by atoms with Crippen LogP contribution in [0.4, 0.5) is 0 Å². The van der Waals surface area contributed by atoms with E-state index in [0.717, 1.165) is 11.1 Å². The van der Waals surface area contributed by atoms with Crippen molar-refractivity contribution in [2.24, 2.45) is 11.8 Å². The van der Waals surface area contributed by atoms with Gasteiger partial charge in [0.15, 0.2) is 12.2 Å². The molecule has 10 nitrogen and oxygen atoms in total. The molecule has 1 aliphatic heterocycles. The summed E-state index contributed by atoms with van der Waals surface area (Å²) in [6.45, 7) is 13.3. The van der Waals surface area contributed by atoms with Gasteiger partial charge in [0, 0.05) is 32.3 Å². The number of aliphatic hydroxyl groups is 1. The van der Waals surface area contributed by atoms with Crippen molar-refractivity contribution < 1.29 is 48.0 Å². The number of carbonyl (C=O) groups excluding carboxylic acids is 4. The molecular formula is C33H40O10. The van der Waals surface area contributed by atoms with E-state index in [0.29, 0.717) is 24.0 Å². The van der Waals surface area contributed by atoms with Crippen molar-refractivity contribution in [2.45, 2.75) is 85.1 Å². The molecule has 0 radical (unpaired) electrons. The fourth-order valence-corrected chi connectivity index (χ4v) is 5.35. The molecule has 0 unspecified atom stereocenters. The average molecular weight is 597 g/mol. The van der Waals surface area contributed by atoms with Crippen LogP contribution in [0.2, 0.25) is 0 Å². The van der Waals surface area contributed by atoms with Gasteiger partial charge in [0.1, 0.15) is 12.2 Å². The number of carbonyl (C=O) groups is 4. The van der Waals surface area contributed by atoms with E-state index in [9.17, 15) is 24.3 Å². The Morgan fingerprint density at radius 1 is 0.977 bits per heavy atom. The Balaban J connectivity index is 2.14. The number of aliphatic hydroxyl groups excluding tert-OH is 1. The van der Waals surface area contributed by atoms with E-state index in [1.54, 1.807) is 42.5 Å². The number of benzene rings is 1. The van der Waals surface area contributed by atoms with Gasteiger partial charge in [-0.1, -0.05) is 35.9 Å². The predicted molar refractivity (Wildman–Crippen MR) is 156 cm³/mol. The van der Waals surface area contributed by atoms with Crippen LogP contribution in [0.1, 0.15) is 64.7 Å². The molecule has 3 rings (SSSR count). The molecule has 0 saturated carbocycles. The van der Waals surface area contributed by atoms with E-state index in [4.69, 9.17) is 23.7 Å². The summed E-state index contributed by atoms with van der Waals surface area (Å²) in [5, 5.41) is 11.4. The van der Waals surface area contributed by atoms with E-state index < -0.39 is 66.4 Å².